The lowest BCUT2D eigenvalue weighted by atomic mass is 10.1. The summed E-state index contributed by atoms with van der Waals surface area (Å²) in [5.74, 6) is -0.0779. The van der Waals surface area contributed by atoms with Gasteiger partial charge in [0.1, 0.15) is 18.1 Å². The number of carbonyl (C=O) groups is 1. The molecule has 152 valence electrons. The highest BCUT2D eigenvalue weighted by atomic mass is 19.3. The number of imidazole rings is 1. The molecule has 11 heteroatoms. The number of alkyl halides is 2. The molecule has 4 heterocycles. The first-order valence-electron chi connectivity index (χ1n) is 8.99. The Hall–Kier alpha value is -3.89. The molecule has 0 saturated carbocycles. The molecule has 0 fully saturated rings. The third kappa shape index (κ3) is 3.04. The highest BCUT2D eigenvalue weighted by molar-refractivity contribution is 5.93. The summed E-state index contributed by atoms with van der Waals surface area (Å²) in [5.41, 5.74) is 2.48. The number of hydrogen-bond acceptors (Lipinski definition) is 7. The van der Waals surface area contributed by atoms with Crippen LogP contribution in [-0.4, -0.2) is 37.0 Å². The lowest BCUT2D eigenvalue weighted by Gasteiger charge is -2.11. The van der Waals surface area contributed by atoms with Crippen LogP contribution in [0.3, 0.4) is 0 Å². The van der Waals surface area contributed by atoms with Crippen LogP contribution in [0, 0.1) is 6.92 Å². The van der Waals surface area contributed by atoms with Crippen molar-refractivity contribution in [2.75, 3.05) is 6.61 Å². The van der Waals surface area contributed by atoms with Gasteiger partial charge in [-0.3, -0.25) is 9.20 Å². The molecule has 0 spiro atoms. The normalized spacial score (nSPS) is 15.4. The first-order chi connectivity index (χ1) is 14.5. The molecule has 1 aromatic carbocycles. The maximum absolute atomic E-state index is 12.8. The molecule has 0 unspecified atom stereocenters. The van der Waals surface area contributed by atoms with Crippen molar-refractivity contribution in [1.29, 1.82) is 0 Å². The summed E-state index contributed by atoms with van der Waals surface area (Å²) in [5, 5.41) is 6.49. The molecule has 1 aliphatic rings. The van der Waals surface area contributed by atoms with Gasteiger partial charge < -0.3 is 14.6 Å². The van der Waals surface area contributed by atoms with Gasteiger partial charge >= 0.3 is 6.43 Å². The van der Waals surface area contributed by atoms with Crippen LogP contribution >= 0.6 is 0 Å². The number of benzene rings is 1. The highest BCUT2D eigenvalue weighted by Gasteiger charge is 2.28. The lowest BCUT2D eigenvalue weighted by Crippen LogP contribution is -2.30. The van der Waals surface area contributed by atoms with Crippen LogP contribution in [0.2, 0.25) is 0 Å². The van der Waals surface area contributed by atoms with Gasteiger partial charge in [-0.15, -0.1) is 0 Å². The van der Waals surface area contributed by atoms with Crippen LogP contribution in [-0.2, 0) is 0 Å². The predicted molar refractivity (Wildman–Crippen MR) is 98.1 cm³/mol. The summed E-state index contributed by atoms with van der Waals surface area (Å²) in [6.07, 6.45) is 2.09. The standard InChI is InChI=1S/C19H14F2N6O3/c1-9-5-22-19-23-6-13(27(19)7-9)17(28)24-12-8-29-14-4-10(2-3-11(12)14)16-25-18(15(20)21)30-26-16/h2-7,12,15H,8H2,1H3,(H,24,28)/t12-/m1/s1. The maximum Gasteiger partial charge on any atom is 0.315 e. The van der Waals surface area contributed by atoms with E-state index in [0.717, 1.165) is 11.1 Å². The van der Waals surface area contributed by atoms with E-state index in [0.29, 0.717) is 22.8 Å². The van der Waals surface area contributed by atoms with Crippen molar-refractivity contribution in [3.8, 4) is 17.1 Å². The van der Waals surface area contributed by atoms with Gasteiger partial charge in [0.15, 0.2) is 0 Å². The molecule has 1 amide bonds. The molecule has 0 aliphatic carbocycles. The number of carbonyl (C=O) groups excluding carboxylic acids is 1. The molecule has 3 aromatic heterocycles. The van der Waals surface area contributed by atoms with Gasteiger partial charge in [0, 0.05) is 23.5 Å². The molecular formula is C19H14F2N6O3. The average molecular weight is 412 g/mol. The Labute approximate surface area is 167 Å². The third-order valence-electron chi connectivity index (χ3n) is 4.71. The number of amides is 1. The van der Waals surface area contributed by atoms with Crippen molar-refractivity contribution < 1.29 is 22.8 Å². The van der Waals surface area contributed by atoms with Crippen LogP contribution in [0.1, 0.15) is 40.0 Å². The third-order valence-corrected chi connectivity index (χ3v) is 4.71. The second kappa shape index (κ2) is 6.87. The van der Waals surface area contributed by atoms with Crippen molar-refractivity contribution in [2.24, 2.45) is 0 Å². The molecule has 30 heavy (non-hydrogen) atoms. The van der Waals surface area contributed by atoms with Crippen LogP contribution in [0.4, 0.5) is 8.78 Å². The Kier molecular flexibility index (Phi) is 4.16. The molecule has 4 aromatic rings. The number of fused-ring (bicyclic) bond motifs is 2. The zero-order chi connectivity index (χ0) is 20.8. The Morgan fingerprint density at radius 1 is 1.30 bits per heavy atom. The summed E-state index contributed by atoms with van der Waals surface area (Å²) < 4.78 is 37.1. The molecule has 0 saturated heterocycles. The quantitative estimate of drug-likeness (QED) is 0.549. The Morgan fingerprint density at radius 3 is 2.93 bits per heavy atom. The largest absolute Gasteiger partial charge is 0.491 e. The van der Waals surface area contributed by atoms with E-state index in [-0.39, 0.29) is 24.4 Å². The molecule has 1 aliphatic heterocycles. The van der Waals surface area contributed by atoms with Gasteiger partial charge in [-0.05, 0) is 18.6 Å². The Balaban J connectivity index is 1.38. The number of hydrogen-bond donors (Lipinski definition) is 1. The number of halogens is 2. The number of nitrogens with zero attached hydrogens (tertiary/aromatic N) is 5. The predicted octanol–water partition coefficient (Wildman–Crippen LogP) is 2.89. The smallest absolute Gasteiger partial charge is 0.315 e. The second-order valence-electron chi connectivity index (χ2n) is 6.79. The monoisotopic (exact) mass is 412 g/mol. The van der Waals surface area contributed by atoms with Crippen molar-refractivity contribution >= 4 is 11.7 Å². The van der Waals surface area contributed by atoms with Gasteiger partial charge in [-0.1, -0.05) is 17.3 Å². The second-order valence-corrected chi connectivity index (χ2v) is 6.79. The zero-order valence-corrected chi connectivity index (χ0v) is 15.5. The van der Waals surface area contributed by atoms with E-state index in [1.165, 1.54) is 6.20 Å². The van der Waals surface area contributed by atoms with Crippen LogP contribution in [0.15, 0.2) is 41.3 Å². The summed E-state index contributed by atoms with van der Waals surface area (Å²) in [6.45, 7) is 2.10. The van der Waals surface area contributed by atoms with Crippen molar-refractivity contribution in [3.05, 3.63) is 59.5 Å². The van der Waals surface area contributed by atoms with E-state index in [2.05, 4.69) is 29.9 Å². The van der Waals surface area contributed by atoms with E-state index < -0.39 is 12.3 Å². The van der Waals surface area contributed by atoms with Crippen molar-refractivity contribution in [2.45, 2.75) is 19.4 Å². The summed E-state index contributed by atoms with van der Waals surface area (Å²) in [7, 11) is 0. The molecule has 1 N–H and O–H groups in total. The van der Waals surface area contributed by atoms with Gasteiger partial charge in [-0.25, -0.2) is 9.97 Å². The van der Waals surface area contributed by atoms with E-state index in [1.54, 1.807) is 35.0 Å². The fourth-order valence-electron chi connectivity index (χ4n) is 3.28. The Morgan fingerprint density at radius 2 is 2.13 bits per heavy atom. The minimum absolute atomic E-state index is 0.0396. The molecule has 1 atom stereocenters. The number of nitrogens with one attached hydrogen (secondary N) is 1. The van der Waals surface area contributed by atoms with Gasteiger partial charge in [0.2, 0.25) is 11.6 Å². The number of aromatic nitrogens is 5. The molecule has 0 bridgehead atoms. The molecular weight excluding hydrogens is 398 g/mol. The minimum Gasteiger partial charge on any atom is -0.491 e. The maximum atomic E-state index is 12.8. The fraction of sp³-hybridized carbons (Fsp3) is 0.211. The Bertz CT molecular complexity index is 1270. The van der Waals surface area contributed by atoms with E-state index in [1.807, 2.05) is 6.92 Å². The first-order valence-corrected chi connectivity index (χ1v) is 8.99. The summed E-state index contributed by atoms with van der Waals surface area (Å²) >= 11 is 0. The number of ether oxygens (including phenoxy) is 1. The topological polar surface area (TPSA) is 107 Å². The molecule has 5 rings (SSSR count). The SMILES string of the molecule is Cc1cnc2ncc(C(=O)N[C@@H]3COc4cc(-c5noc(C(F)F)n5)ccc43)n2c1. The summed E-state index contributed by atoms with van der Waals surface area (Å²) in [6, 6.07) is 4.64. The van der Waals surface area contributed by atoms with E-state index in [4.69, 9.17) is 4.74 Å². The first kappa shape index (κ1) is 18.2. The van der Waals surface area contributed by atoms with Gasteiger partial charge in [0.25, 0.3) is 11.8 Å². The van der Waals surface area contributed by atoms with Crippen LogP contribution < -0.4 is 10.1 Å². The van der Waals surface area contributed by atoms with Gasteiger partial charge in [0.05, 0.1) is 12.2 Å². The number of rotatable bonds is 4. The highest BCUT2D eigenvalue weighted by Crippen LogP contribution is 2.35. The molecule has 0 radical (unpaired) electrons. The van der Waals surface area contributed by atoms with Crippen LogP contribution in [0.25, 0.3) is 17.2 Å². The summed E-state index contributed by atoms with van der Waals surface area (Å²) in [4.78, 5) is 24.8. The van der Waals surface area contributed by atoms with Gasteiger partial charge in [-0.2, -0.15) is 13.8 Å². The molecule has 9 nitrogen and oxygen atoms in total. The lowest BCUT2D eigenvalue weighted by molar-refractivity contribution is 0.0924. The fourth-order valence-corrected chi connectivity index (χ4v) is 3.28. The van der Waals surface area contributed by atoms with Crippen LogP contribution in [0.5, 0.6) is 5.75 Å². The van der Waals surface area contributed by atoms with E-state index in [9.17, 15) is 13.6 Å². The number of aryl methyl sites for hydroxylation is 1. The average Bonchev–Trinajstić information content (AvgIpc) is 3.45. The minimum atomic E-state index is -2.84. The van der Waals surface area contributed by atoms with E-state index >= 15 is 0 Å². The van der Waals surface area contributed by atoms with Crippen molar-refractivity contribution in [3.63, 3.8) is 0 Å². The van der Waals surface area contributed by atoms with Crippen molar-refractivity contribution in [1.82, 2.24) is 29.8 Å². The zero-order valence-electron chi connectivity index (χ0n) is 15.5.